The molecule has 1 aliphatic rings. The molecule has 1 N–H and O–H groups in total. The molecule has 6 heteroatoms. The van der Waals surface area contributed by atoms with E-state index in [0.717, 1.165) is 24.8 Å². The highest BCUT2D eigenvalue weighted by molar-refractivity contribution is 7.88. The Bertz CT molecular complexity index is 640. The second-order valence-electron chi connectivity index (χ2n) is 6.29. The van der Waals surface area contributed by atoms with E-state index >= 15 is 0 Å². The standard InChI is InChI=1S/C17H26N2O3S/c1-4-14-7-9-15(10-8-14)13(2)18-17(20)16-6-5-11-19(12-16)23(3,21)22/h7-10,13,16H,4-6,11-12H2,1-3H3,(H,18,20)/t13-,16+/m0/s1. The van der Waals surface area contributed by atoms with Gasteiger partial charge in [0, 0.05) is 13.1 Å². The SMILES string of the molecule is CCc1ccc([C@H](C)NC(=O)[C@@H]2CCCN(S(C)(=O)=O)C2)cc1. The molecular formula is C17H26N2O3S. The lowest BCUT2D eigenvalue weighted by Crippen LogP contribution is -2.45. The summed E-state index contributed by atoms with van der Waals surface area (Å²) in [7, 11) is -3.23. The maximum atomic E-state index is 12.4. The van der Waals surface area contributed by atoms with E-state index in [1.165, 1.54) is 16.1 Å². The Kier molecular flexibility index (Phi) is 5.81. The number of amides is 1. The summed E-state index contributed by atoms with van der Waals surface area (Å²) in [4.78, 5) is 12.4. The first-order valence-corrected chi connectivity index (χ1v) is 10.0. The number of aryl methyl sites for hydroxylation is 1. The number of hydrogen-bond acceptors (Lipinski definition) is 3. The van der Waals surface area contributed by atoms with Crippen molar-refractivity contribution >= 4 is 15.9 Å². The topological polar surface area (TPSA) is 66.5 Å². The monoisotopic (exact) mass is 338 g/mol. The number of carbonyl (C=O) groups is 1. The van der Waals surface area contributed by atoms with Crippen molar-refractivity contribution in [1.82, 2.24) is 9.62 Å². The first-order valence-electron chi connectivity index (χ1n) is 8.15. The normalized spacial score (nSPS) is 20.9. The second-order valence-corrected chi connectivity index (χ2v) is 8.27. The van der Waals surface area contributed by atoms with Crippen LogP contribution in [0.4, 0.5) is 0 Å². The molecule has 23 heavy (non-hydrogen) atoms. The number of nitrogens with zero attached hydrogens (tertiary/aromatic N) is 1. The van der Waals surface area contributed by atoms with Crippen LogP contribution in [0, 0.1) is 5.92 Å². The van der Waals surface area contributed by atoms with Crippen molar-refractivity contribution in [2.75, 3.05) is 19.3 Å². The summed E-state index contributed by atoms with van der Waals surface area (Å²) in [6.07, 6.45) is 3.65. The molecule has 1 fully saturated rings. The molecule has 2 rings (SSSR count). The van der Waals surface area contributed by atoms with Crippen LogP contribution in [0.15, 0.2) is 24.3 Å². The molecule has 0 saturated carbocycles. The van der Waals surface area contributed by atoms with Crippen LogP contribution >= 0.6 is 0 Å². The predicted octanol–water partition coefficient (Wildman–Crippen LogP) is 2.10. The van der Waals surface area contributed by atoms with Gasteiger partial charge in [-0.05, 0) is 37.3 Å². The zero-order valence-electron chi connectivity index (χ0n) is 14.1. The molecule has 1 aromatic carbocycles. The molecule has 1 heterocycles. The number of benzene rings is 1. The molecule has 0 spiro atoms. The lowest BCUT2D eigenvalue weighted by molar-refractivity contribution is -0.126. The smallest absolute Gasteiger partial charge is 0.224 e. The third kappa shape index (κ3) is 4.78. The molecule has 1 saturated heterocycles. The Hall–Kier alpha value is -1.40. The van der Waals surface area contributed by atoms with Gasteiger partial charge in [-0.2, -0.15) is 0 Å². The maximum absolute atomic E-state index is 12.4. The van der Waals surface area contributed by atoms with Gasteiger partial charge in [0.05, 0.1) is 18.2 Å². The lowest BCUT2D eigenvalue weighted by atomic mass is 9.97. The fraction of sp³-hybridized carbons (Fsp3) is 0.588. The first kappa shape index (κ1) is 17.9. The first-order chi connectivity index (χ1) is 10.8. The quantitative estimate of drug-likeness (QED) is 0.894. The number of sulfonamides is 1. The Morgan fingerprint density at radius 1 is 1.35 bits per heavy atom. The van der Waals surface area contributed by atoms with Crippen LogP contribution in [0.1, 0.15) is 43.9 Å². The van der Waals surface area contributed by atoms with E-state index in [9.17, 15) is 13.2 Å². The second kappa shape index (κ2) is 7.45. The molecule has 0 unspecified atom stereocenters. The van der Waals surface area contributed by atoms with Crippen molar-refractivity contribution in [1.29, 1.82) is 0 Å². The minimum atomic E-state index is -3.23. The minimum absolute atomic E-state index is 0.0644. The molecule has 0 aromatic heterocycles. The van der Waals surface area contributed by atoms with Crippen LogP contribution in [-0.2, 0) is 21.2 Å². The zero-order chi connectivity index (χ0) is 17.0. The number of rotatable bonds is 5. The molecular weight excluding hydrogens is 312 g/mol. The largest absolute Gasteiger partial charge is 0.349 e. The molecule has 1 aromatic rings. The van der Waals surface area contributed by atoms with Crippen LogP contribution < -0.4 is 5.32 Å². The average Bonchev–Trinajstić information content (AvgIpc) is 2.54. The summed E-state index contributed by atoms with van der Waals surface area (Å²) in [5.74, 6) is -0.332. The summed E-state index contributed by atoms with van der Waals surface area (Å²) in [6, 6.07) is 8.14. The van der Waals surface area contributed by atoms with Gasteiger partial charge < -0.3 is 5.32 Å². The third-order valence-electron chi connectivity index (χ3n) is 4.47. The van der Waals surface area contributed by atoms with Crippen molar-refractivity contribution in [3.8, 4) is 0 Å². The molecule has 1 aliphatic heterocycles. The molecule has 0 aliphatic carbocycles. The highest BCUT2D eigenvalue weighted by Gasteiger charge is 2.30. The number of piperidine rings is 1. The van der Waals surface area contributed by atoms with Crippen molar-refractivity contribution in [2.24, 2.45) is 5.92 Å². The van der Waals surface area contributed by atoms with Crippen LogP contribution in [0.2, 0.25) is 0 Å². The molecule has 0 radical (unpaired) electrons. The van der Waals surface area contributed by atoms with E-state index in [0.29, 0.717) is 6.54 Å². The Balaban J connectivity index is 1.97. The molecule has 128 valence electrons. The Morgan fingerprint density at radius 2 is 2.00 bits per heavy atom. The van der Waals surface area contributed by atoms with Gasteiger partial charge in [0.15, 0.2) is 0 Å². The summed E-state index contributed by atoms with van der Waals surface area (Å²) < 4.78 is 24.7. The number of hydrogen-bond donors (Lipinski definition) is 1. The van der Waals surface area contributed by atoms with Crippen LogP contribution in [0.5, 0.6) is 0 Å². The summed E-state index contributed by atoms with van der Waals surface area (Å²) in [6.45, 7) is 4.86. The molecule has 5 nitrogen and oxygen atoms in total. The highest BCUT2D eigenvalue weighted by Crippen LogP contribution is 2.21. The van der Waals surface area contributed by atoms with Gasteiger partial charge in [-0.1, -0.05) is 31.2 Å². The van der Waals surface area contributed by atoms with Gasteiger partial charge in [0.2, 0.25) is 15.9 Å². The van der Waals surface area contributed by atoms with Crippen LogP contribution in [-0.4, -0.2) is 38.0 Å². The van der Waals surface area contributed by atoms with Crippen molar-refractivity contribution in [2.45, 2.75) is 39.2 Å². The van der Waals surface area contributed by atoms with Gasteiger partial charge in [0.1, 0.15) is 0 Å². The Morgan fingerprint density at radius 3 is 2.57 bits per heavy atom. The van der Waals surface area contributed by atoms with E-state index in [2.05, 4.69) is 24.4 Å². The fourth-order valence-corrected chi connectivity index (χ4v) is 3.83. The third-order valence-corrected chi connectivity index (χ3v) is 5.74. The Labute approximate surface area is 139 Å². The fourth-order valence-electron chi connectivity index (χ4n) is 2.91. The predicted molar refractivity (Wildman–Crippen MR) is 91.5 cm³/mol. The molecule has 0 bridgehead atoms. The van der Waals surface area contributed by atoms with Crippen molar-refractivity contribution in [3.63, 3.8) is 0 Å². The van der Waals surface area contributed by atoms with Crippen molar-refractivity contribution < 1.29 is 13.2 Å². The lowest BCUT2D eigenvalue weighted by Gasteiger charge is -2.30. The molecule has 1 amide bonds. The minimum Gasteiger partial charge on any atom is -0.349 e. The highest BCUT2D eigenvalue weighted by atomic mass is 32.2. The van der Waals surface area contributed by atoms with Gasteiger partial charge >= 0.3 is 0 Å². The molecule has 2 atom stereocenters. The van der Waals surface area contributed by atoms with Crippen LogP contribution in [0.3, 0.4) is 0 Å². The average molecular weight is 338 g/mol. The number of nitrogens with one attached hydrogen (secondary N) is 1. The maximum Gasteiger partial charge on any atom is 0.224 e. The van der Waals surface area contributed by atoms with Gasteiger partial charge in [-0.3, -0.25) is 4.79 Å². The summed E-state index contributed by atoms with van der Waals surface area (Å²) in [5.41, 5.74) is 2.33. The van der Waals surface area contributed by atoms with E-state index in [-0.39, 0.29) is 24.4 Å². The van der Waals surface area contributed by atoms with Gasteiger partial charge in [-0.25, -0.2) is 12.7 Å². The number of carbonyl (C=O) groups excluding carboxylic acids is 1. The van der Waals surface area contributed by atoms with Crippen LogP contribution in [0.25, 0.3) is 0 Å². The summed E-state index contributed by atoms with van der Waals surface area (Å²) >= 11 is 0. The van der Waals surface area contributed by atoms with E-state index in [1.807, 2.05) is 19.1 Å². The van der Waals surface area contributed by atoms with E-state index in [1.54, 1.807) is 0 Å². The van der Waals surface area contributed by atoms with Gasteiger partial charge in [0.25, 0.3) is 0 Å². The summed E-state index contributed by atoms with van der Waals surface area (Å²) in [5, 5.41) is 3.01. The van der Waals surface area contributed by atoms with E-state index < -0.39 is 10.0 Å². The van der Waals surface area contributed by atoms with Gasteiger partial charge in [-0.15, -0.1) is 0 Å². The van der Waals surface area contributed by atoms with Crippen molar-refractivity contribution in [3.05, 3.63) is 35.4 Å². The zero-order valence-corrected chi connectivity index (χ0v) is 14.9. The van der Waals surface area contributed by atoms with E-state index in [4.69, 9.17) is 0 Å².